The van der Waals surface area contributed by atoms with Crippen LogP contribution in [0.1, 0.15) is 29.8 Å². The average Bonchev–Trinajstić information content (AvgIpc) is 2.85. The minimum absolute atomic E-state index is 0.109. The SMILES string of the molecule is CCN(CC)CCNC(=O)C(=Cc1cc(OC)c(OC)c(OC)c1)NC(=O)c1ccccc1. The molecule has 0 bridgehead atoms. The van der Waals surface area contributed by atoms with Crippen LogP contribution in [0.4, 0.5) is 0 Å². The lowest BCUT2D eigenvalue weighted by molar-refractivity contribution is -0.117. The quantitative estimate of drug-likeness (QED) is 0.479. The number of hydrogen-bond donors (Lipinski definition) is 2. The second-order valence-corrected chi connectivity index (χ2v) is 7.12. The van der Waals surface area contributed by atoms with Gasteiger partial charge in [0, 0.05) is 18.7 Å². The number of nitrogens with zero attached hydrogens (tertiary/aromatic N) is 1. The van der Waals surface area contributed by atoms with Crippen molar-refractivity contribution in [1.82, 2.24) is 15.5 Å². The van der Waals surface area contributed by atoms with Crippen LogP contribution in [0.3, 0.4) is 0 Å². The number of amides is 2. The van der Waals surface area contributed by atoms with Crippen molar-refractivity contribution in [3.05, 3.63) is 59.3 Å². The molecule has 0 saturated heterocycles. The van der Waals surface area contributed by atoms with Crippen LogP contribution in [0.2, 0.25) is 0 Å². The fourth-order valence-corrected chi connectivity index (χ4v) is 3.26. The number of carbonyl (C=O) groups is 2. The molecule has 0 atom stereocenters. The Labute approximate surface area is 195 Å². The zero-order valence-electron chi connectivity index (χ0n) is 19.9. The van der Waals surface area contributed by atoms with Crippen molar-refractivity contribution < 1.29 is 23.8 Å². The van der Waals surface area contributed by atoms with E-state index in [-0.39, 0.29) is 17.5 Å². The van der Waals surface area contributed by atoms with E-state index >= 15 is 0 Å². The van der Waals surface area contributed by atoms with Gasteiger partial charge in [-0.05, 0) is 49.0 Å². The summed E-state index contributed by atoms with van der Waals surface area (Å²) in [5, 5.41) is 5.62. The second-order valence-electron chi connectivity index (χ2n) is 7.12. The molecule has 8 heteroatoms. The van der Waals surface area contributed by atoms with Crippen LogP contribution in [0.15, 0.2) is 48.2 Å². The summed E-state index contributed by atoms with van der Waals surface area (Å²) in [7, 11) is 4.55. The van der Waals surface area contributed by atoms with Gasteiger partial charge in [0.05, 0.1) is 21.3 Å². The third kappa shape index (κ3) is 7.25. The molecule has 0 aromatic heterocycles. The molecule has 0 spiro atoms. The van der Waals surface area contributed by atoms with Gasteiger partial charge in [-0.25, -0.2) is 0 Å². The summed E-state index contributed by atoms with van der Waals surface area (Å²) < 4.78 is 16.2. The first kappa shape index (κ1) is 25.7. The van der Waals surface area contributed by atoms with Crippen LogP contribution < -0.4 is 24.8 Å². The van der Waals surface area contributed by atoms with E-state index in [0.717, 1.165) is 13.1 Å². The molecule has 0 aliphatic heterocycles. The summed E-state index contributed by atoms with van der Waals surface area (Å²) in [6, 6.07) is 12.1. The summed E-state index contributed by atoms with van der Waals surface area (Å²) >= 11 is 0. The van der Waals surface area contributed by atoms with Gasteiger partial charge >= 0.3 is 0 Å². The number of likely N-dealkylation sites (N-methyl/N-ethyl adjacent to an activating group) is 1. The number of carbonyl (C=O) groups excluding carboxylic acids is 2. The lowest BCUT2D eigenvalue weighted by atomic mass is 10.1. The Bertz CT molecular complexity index is 931. The summed E-state index contributed by atoms with van der Waals surface area (Å²) in [6.07, 6.45) is 1.58. The number of ether oxygens (including phenoxy) is 3. The van der Waals surface area contributed by atoms with Gasteiger partial charge in [0.1, 0.15) is 5.70 Å². The average molecular weight is 456 g/mol. The number of hydrogen-bond acceptors (Lipinski definition) is 6. The first-order valence-electron chi connectivity index (χ1n) is 10.9. The molecule has 0 aliphatic rings. The van der Waals surface area contributed by atoms with Crippen LogP contribution >= 0.6 is 0 Å². The Morgan fingerprint density at radius 1 is 0.939 bits per heavy atom. The molecular formula is C25H33N3O5. The lowest BCUT2D eigenvalue weighted by Crippen LogP contribution is -2.39. The highest BCUT2D eigenvalue weighted by atomic mass is 16.5. The van der Waals surface area contributed by atoms with Crippen LogP contribution in [-0.4, -0.2) is 64.2 Å². The van der Waals surface area contributed by atoms with E-state index in [1.54, 1.807) is 42.5 Å². The van der Waals surface area contributed by atoms with Gasteiger partial charge < -0.3 is 29.7 Å². The maximum atomic E-state index is 13.0. The monoisotopic (exact) mass is 455 g/mol. The number of nitrogens with one attached hydrogen (secondary N) is 2. The molecule has 2 aromatic carbocycles. The predicted molar refractivity (Wildman–Crippen MR) is 129 cm³/mol. The van der Waals surface area contributed by atoms with E-state index in [2.05, 4.69) is 29.4 Å². The van der Waals surface area contributed by atoms with Crippen molar-refractivity contribution in [2.24, 2.45) is 0 Å². The van der Waals surface area contributed by atoms with Gasteiger partial charge in [-0.15, -0.1) is 0 Å². The maximum Gasteiger partial charge on any atom is 0.267 e. The number of methoxy groups -OCH3 is 3. The molecule has 0 saturated carbocycles. The van der Waals surface area contributed by atoms with Crippen LogP contribution in [-0.2, 0) is 4.79 Å². The first-order chi connectivity index (χ1) is 16.0. The molecule has 0 unspecified atom stereocenters. The smallest absolute Gasteiger partial charge is 0.267 e. The Hall–Kier alpha value is -3.52. The third-order valence-electron chi connectivity index (χ3n) is 5.13. The minimum atomic E-state index is -0.389. The molecule has 0 fully saturated rings. The van der Waals surface area contributed by atoms with Crippen molar-refractivity contribution >= 4 is 17.9 Å². The fraction of sp³-hybridized carbons (Fsp3) is 0.360. The highest BCUT2D eigenvalue weighted by Gasteiger charge is 2.17. The highest BCUT2D eigenvalue weighted by Crippen LogP contribution is 2.38. The maximum absolute atomic E-state index is 13.0. The first-order valence-corrected chi connectivity index (χ1v) is 10.9. The highest BCUT2D eigenvalue weighted by molar-refractivity contribution is 6.05. The second kappa shape index (κ2) is 13.1. The molecule has 8 nitrogen and oxygen atoms in total. The van der Waals surface area contributed by atoms with Crippen molar-refractivity contribution in [3.63, 3.8) is 0 Å². The summed E-state index contributed by atoms with van der Waals surface area (Å²) in [5.41, 5.74) is 1.16. The zero-order valence-corrected chi connectivity index (χ0v) is 19.9. The largest absolute Gasteiger partial charge is 0.493 e. The van der Waals surface area contributed by atoms with E-state index < -0.39 is 0 Å². The normalized spacial score (nSPS) is 11.2. The topological polar surface area (TPSA) is 89.1 Å². The molecule has 2 rings (SSSR count). The minimum Gasteiger partial charge on any atom is -0.493 e. The van der Waals surface area contributed by atoms with E-state index in [1.165, 1.54) is 21.3 Å². The molecular weight excluding hydrogens is 422 g/mol. The fourth-order valence-electron chi connectivity index (χ4n) is 3.26. The van der Waals surface area contributed by atoms with E-state index in [4.69, 9.17) is 14.2 Å². The van der Waals surface area contributed by atoms with Crippen molar-refractivity contribution in [2.75, 3.05) is 47.5 Å². The van der Waals surface area contributed by atoms with Crippen LogP contribution in [0, 0.1) is 0 Å². The Balaban J connectivity index is 2.36. The molecule has 0 radical (unpaired) electrons. The van der Waals surface area contributed by atoms with E-state index in [0.29, 0.717) is 41.5 Å². The summed E-state index contributed by atoms with van der Waals surface area (Å²) in [6.45, 7) is 7.09. The molecule has 0 heterocycles. The van der Waals surface area contributed by atoms with Gasteiger partial charge in [0.2, 0.25) is 5.75 Å². The number of rotatable bonds is 12. The Kier molecular flexibility index (Phi) is 10.2. The molecule has 178 valence electrons. The van der Waals surface area contributed by atoms with Crippen molar-refractivity contribution in [2.45, 2.75) is 13.8 Å². The van der Waals surface area contributed by atoms with Crippen molar-refractivity contribution in [1.29, 1.82) is 0 Å². The van der Waals surface area contributed by atoms with Gasteiger partial charge in [0.25, 0.3) is 11.8 Å². The van der Waals surface area contributed by atoms with Crippen molar-refractivity contribution in [3.8, 4) is 17.2 Å². The van der Waals surface area contributed by atoms with Gasteiger partial charge in [0.15, 0.2) is 11.5 Å². The van der Waals surface area contributed by atoms with E-state index in [9.17, 15) is 9.59 Å². The summed E-state index contributed by atoms with van der Waals surface area (Å²) in [5.74, 6) is 0.557. The molecule has 2 aromatic rings. The Morgan fingerprint density at radius 2 is 1.55 bits per heavy atom. The van der Waals surface area contributed by atoms with Crippen LogP contribution in [0.5, 0.6) is 17.2 Å². The number of benzene rings is 2. The predicted octanol–water partition coefficient (Wildman–Crippen LogP) is 2.94. The lowest BCUT2D eigenvalue weighted by Gasteiger charge is -2.18. The van der Waals surface area contributed by atoms with Crippen LogP contribution in [0.25, 0.3) is 6.08 Å². The summed E-state index contributed by atoms with van der Waals surface area (Å²) in [4.78, 5) is 28.0. The zero-order chi connectivity index (χ0) is 24.2. The standard InChI is InChI=1S/C25H33N3O5/c1-6-28(7-2)14-13-26-25(30)20(27-24(29)19-11-9-8-10-12-19)15-18-16-21(31-3)23(33-5)22(17-18)32-4/h8-12,15-17H,6-7,13-14H2,1-5H3,(H,26,30)(H,27,29). The third-order valence-corrected chi connectivity index (χ3v) is 5.13. The molecule has 33 heavy (non-hydrogen) atoms. The molecule has 2 amide bonds. The van der Waals surface area contributed by atoms with Gasteiger partial charge in [-0.1, -0.05) is 32.0 Å². The Morgan fingerprint density at radius 3 is 2.06 bits per heavy atom. The van der Waals surface area contributed by atoms with Gasteiger partial charge in [-0.3, -0.25) is 9.59 Å². The molecule has 2 N–H and O–H groups in total. The van der Waals surface area contributed by atoms with Gasteiger partial charge in [-0.2, -0.15) is 0 Å². The van der Waals surface area contributed by atoms with E-state index in [1.807, 2.05) is 6.07 Å². The molecule has 0 aliphatic carbocycles.